The van der Waals surface area contributed by atoms with Gasteiger partial charge in [0.1, 0.15) is 5.75 Å². The molecule has 0 saturated carbocycles. The van der Waals surface area contributed by atoms with Crippen molar-refractivity contribution in [3.8, 4) is 5.75 Å². The molecular formula is C15H17N3O3. The van der Waals surface area contributed by atoms with Gasteiger partial charge in [0.05, 0.1) is 17.6 Å². The molecule has 1 aromatic heterocycles. The molecule has 0 bridgehead atoms. The molecule has 21 heavy (non-hydrogen) atoms. The van der Waals surface area contributed by atoms with E-state index in [2.05, 4.69) is 10.3 Å². The first kappa shape index (κ1) is 14.8. The fourth-order valence-corrected chi connectivity index (χ4v) is 1.93. The van der Waals surface area contributed by atoms with Gasteiger partial charge < -0.3 is 10.1 Å². The molecule has 110 valence electrons. The molecule has 0 aliphatic heterocycles. The molecule has 0 unspecified atom stereocenters. The second-order valence-corrected chi connectivity index (χ2v) is 4.53. The van der Waals surface area contributed by atoms with Crippen LogP contribution >= 0.6 is 0 Å². The van der Waals surface area contributed by atoms with Crippen molar-refractivity contribution in [2.24, 2.45) is 0 Å². The molecule has 0 atom stereocenters. The predicted molar refractivity (Wildman–Crippen MR) is 80.7 cm³/mol. The number of nitrogens with zero attached hydrogens (tertiary/aromatic N) is 2. The number of anilines is 1. The number of pyridine rings is 1. The van der Waals surface area contributed by atoms with Crippen molar-refractivity contribution in [3.63, 3.8) is 0 Å². The number of rotatable bonds is 7. The van der Waals surface area contributed by atoms with Crippen LogP contribution in [0.15, 0.2) is 42.7 Å². The largest absolute Gasteiger partial charge is 0.493 e. The van der Waals surface area contributed by atoms with Gasteiger partial charge in [-0.05, 0) is 30.5 Å². The molecule has 1 N–H and O–H groups in total. The van der Waals surface area contributed by atoms with Gasteiger partial charge in [-0.2, -0.15) is 0 Å². The Morgan fingerprint density at radius 3 is 2.71 bits per heavy atom. The highest BCUT2D eigenvalue weighted by Crippen LogP contribution is 2.25. The van der Waals surface area contributed by atoms with Crippen molar-refractivity contribution in [3.05, 3.63) is 58.4 Å². The van der Waals surface area contributed by atoms with Crippen LogP contribution in [-0.4, -0.2) is 23.6 Å². The molecule has 0 spiro atoms. The first-order valence-electron chi connectivity index (χ1n) is 6.68. The van der Waals surface area contributed by atoms with Gasteiger partial charge in [-0.3, -0.25) is 15.1 Å². The summed E-state index contributed by atoms with van der Waals surface area (Å²) in [5, 5.41) is 13.7. The maximum absolute atomic E-state index is 10.9. The van der Waals surface area contributed by atoms with E-state index in [0.29, 0.717) is 18.0 Å². The van der Waals surface area contributed by atoms with Crippen LogP contribution in [0.25, 0.3) is 0 Å². The summed E-state index contributed by atoms with van der Waals surface area (Å²) in [5.74, 6) is 0.503. The topological polar surface area (TPSA) is 77.3 Å². The van der Waals surface area contributed by atoms with E-state index in [1.165, 1.54) is 17.7 Å². The first-order chi connectivity index (χ1) is 10.2. The van der Waals surface area contributed by atoms with Crippen LogP contribution in [0.1, 0.15) is 12.0 Å². The van der Waals surface area contributed by atoms with Crippen LogP contribution < -0.4 is 10.1 Å². The van der Waals surface area contributed by atoms with Crippen LogP contribution in [0.5, 0.6) is 5.75 Å². The summed E-state index contributed by atoms with van der Waals surface area (Å²) >= 11 is 0. The van der Waals surface area contributed by atoms with Gasteiger partial charge in [-0.1, -0.05) is 0 Å². The average molecular weight is 287 g/mol. The summed E-state index contributed by atoms with van der Waals surface area (Å²) in [7, 11) is 1.71. The number of aromatic nitrogens is 1. The Hall–Kier alpha value is -2.63. The molecular weight excluding hydrogens is 270 g/mol. The van der Waals surface area contributed by atoms with Gasteiger partial charge in [-0.25, -0.2) is 0 Å². The molecule has 1 heterocycles. The molecule has 0 fully saturated rings. The van der Waals surface area contributed by atoms with E-state index >= 15 is 0 Å². The van der Waals surface area contributed by atoms with Gasteiger partial charge in [0.2, 0.25) is 0 Å². The highest BCUT2D eigenvalue weighted by Gasteiger charge is 2.10. The number of benzene rings is 1. The van der Waals surface area contributed by atoms with E-state index in [0.717, 1.165) is 12.8 Å². The number of nitro benzene ring substituents is 1. The molecule has 0 amide bonds. The van der Waals surface area contributed by atoms with Gasteiger partial charge in [-0.15, -0.1) is 0 Å². The standard InChI is InChI=1S/C15H17N3O3/c1-16-13-9-14(18(19)20)11-15(10-13)21-8-2-3-12-4-6-17-7-5-12/h4-7,9-11,16H,2-3,8H2,1H3. The summed E-state index contributed by atoms with van der Waals surface area (Å²) in [6.07, 6.45) is 5.24. The molecule has 6 heteroatoms. The third kappa shape index (κ3) is 4.45. The monoisotopic (exact) mass is 287 g/mol. The Morgan fingerprint density at radius 2 is 2.05 bits per heavy atom. The Kier molecular flexibility index (Phi) is 5.09. The SMILES string of the molecule is CNc1cc(OCCCc2ccncc2)cc([N+](=O)[O-])c1. The van der Waals surface area contributed by atoms with Crippen molar-refractivity contribution in [2.75, 3.05) is 19.0 Å². The summed E-state index contributed by atoms with van der Waals surface area (Å²) in [6, 6.07) is 8.59. The average Bonchev–Trinajstić information content (AvgIpc) is 2.52. The number of non-ortho nitro benzene ring substituents is 1. The minimum Gasteiger partial charge on any atom is -0.493 e. The molecule has 6 nitrogen and oxygen atoms in total. The van der Waals surface area contributed by atoms with E-state index in [9.17, 15) is 10.1 Å². The van der Waals surface area contributed by atoms with Gasteiger partial charge in [0, 0.05) is 37.3 Å². The minimum absolute atomic E-state index is 0.0194. The van der Waals surface area contributed by atoms with E-state index in [4.69, 9.17) is 4.74 Å². The highest BCUT2D eigenvalue weighted by atomic mass is 16.6. The van der Waals surface area contributed by atoms with Crippen molar-refractivity contribution >= 4 is 11.4 Å². The normalized spacial score (nSPS) is 10.1. The lowest BCUT2D eigenvalue weighted by molar-refractivity contribution is -0.384. The molecule has 2 rings (SSSR count). The molecule has 0 saturated heterocycles. The quantitative estimate of drug-likeness (QED) is 0.481. The first-order valence-corrected chi connectivity index (χ1v) is 6.68. The van der Waals surface area contributed by atoms with Crippen LogP contribution in [-0.2, 0) is 6.42 Å². The molecule has 0 aliphatic carbocycles. The zero-order valence-corrected chi connectivity index (χ0v) is 11.8. The summed E-state index contributed by atoms with van der Waals surface area (Å²) in [6.45, 7) is 0.507. The summed E-state index contributed by atoms with van der Waals surface area (Å²) in [5.41, 5.74) is 1.88. The second kappa shape index (κ2) is 7.23. The van der Waals surface area contributed by atoms with Crippen LogP contribution in [0.2, 0.25) is 0 Å². The van der Waals surface area contributed by atoms with Crippen molar-refractivity contribution < 1.29 is 9.66 Å². The third-order valence-electron chi connectivity index (χ3n) is 3.02. The summed E-state index contributed by atoms with van der Waals surface area (Å²) in [4.78, 5) is 14.4. The van der Waals surface area contributed by atoms with E-state index < -0.39 is 4.92 Å². The number of nitro groups is 1. The maximum atomic E-state index is 10.9. The van der Waals surface area contributed by atoms with Crippen LogP contribution in [0.3, 0.4) is 0 Å². The zero-order chi connectivity index (χ0) is 15.1. The summed E-state index contributed by atoms with van der Waals surface area (Å²) < 4.78 is 5.60. The minimum atomic E-state index is -0.426. The maximum Gasteiger partial charge on any atom is 0.275 e. The van der Waals surface area contributed by atoms with Crippen molar-refractivity contribution in [1.29, 1.82) is 0 Å². The van der Waals surface area contributed by atoms with Crippen molar-refractivity contribution in [2.45, 2.75) is 12.8 Å². The van der Waals surface area contributed by atoms with E-state index in [-0.39, 0.29) is 5.69 Å². The number of nitrogens with one attached hydrogen (secondary N) is 1. The Bertz CT molecular complexity index is 602. The second-order valence-electron chi connectivity index (χ2n) is 4.53. The Morgan fingerprint density at radius 1 is 1.29 bits per heavy atom. The zero-order valence-electron chi connectivity index (χ0n) is 11.8. The number of aryl methyl sites for hydroxylation is 1. The third-order valence-corrected chi connectivity index (χ3v) is 3.02. The van der Waals surface area contributed by atoms with Crippen molar-refractivity contribution in [1.82, 2.24) is 4.98 Å². The number of hydrogen-bond acceptors (Lipinski definition) is 5. The predicted octanol–water partition coefficient (Wildman–Crippen LogP) is 3.04. The smallest absolute Gasteiger partial charge is 0.275 e. The number of ether oxygens (including phenoxy) is 1. The van der Waals surface area contributed by atoms with Crippen LogP contribution in [0, 0.1) is 10.1 Å². The lowest BCUT2D eigenvalue weighted by atomic mass is 10.1. The van der Waals surface area contributed by atoms with E-state index in [1.54, 1.807) is 25.5 Å². The van der Waals surface area contributed by atoms with Gasteiger partial charge >= 0.3 is 0 Å². The molecule has 0 radical (unpaired) electrons. The van der Waals surface area contributed by atoms with Crippen LogP contribution in [0.4, 0.5) is 11.4 Å². The molecule has 0 aliphatic rings. The Balaban J connectivity index is 1.90. The van der Waals surface area contributed by atoms with E-state index in [1.807, 2.05) is 12.1 Å². The molecule has 1 aromatic carbocycles. The fraction of sp³-hybridized carbons (Fsp3) is 0.267. The fourth-order valence-electron chi connectivity index (χ4n) is 1.93. The van der Waals surface area contributed by atoms with Gasteiger partial charge in [0.15, 0.2) is 0 Å². The van der Waals surface area contributed by atoms with Gasteiger partial charge in [0.25, 0.3) is 5.69 Å². The highest BCUT2D eigenvalue weighted by molar-refractivity contribution is 5.56. The number of hydrogen-bond donors (Lipinski definition) is 1. The lowest BCUT2D eigenvalue weighted by Gasteiger charge is -2.08. The lowest BCUT2D eigenvalue weighted by Crippen LogP contribution is -2.01. The Labute approximate surface area is 122 Å². The molecule has 2 aromatic rings.